The molecule has 0 fully saturated rings. The first-order valence-corrected chi connectivity index (χ1v) is 8.85. The summed E-state index contributed by atoms with van der Waals surface area (Å²) in [4.78, 5) is 13.0. The molecule has 3 nitrogen and oxygen atoms in total. The van der Waals surface area contributed by atoms with Gasteiger partial charge in [0.1, 0.15) is 11.3 Å². The van der Waals surface area contributed by atoms with Gasteiger partial charge in [-0.1, -0.05) is 60.7 Å². The van der Waals surface area contributed by atoms with E-state index in [1.807, 2.05) is 72.8 Å². The molecule has 3 aromatic carbocycles. The molecule has 0 saturated heterocycles. The zero-order chi connectivity index (χ0) is 17.6. The fourth-order valence-electron chi connectivity index (χ4n) is 2.71. The molecule has 0 aliphatic carbocycles. The molecular weight excluding hydrogens is 332 g/mol. The van der Waals surface area contributed by atoms with Gasteiger partial charge in [0.15, 0.2) is 0 Å². The van der Waals surface area contributed by atoms with E-state index < -0.39 is 5.97 Å². The Kier molecular flexibility index (Phi) is 5.41. The number of rotatable bonds is 6. The SMILES string of the molecule is COc1c(-c2ccccc2)ccc(CSc2ccccc2)c1C(=O)O. The summed E-state index contributed by atoms with van der Waals surface area (Å²) in [6.45, 7) is 0. The van der Waals surface area contributed by atoms with Crippen molar-refractivity contribution in [3.8, 4) is 16.9 Å². The largest absolute Gasteiger partial charge is 0.495 e. The smallest absolute Gasteiger partial charge is 0.339 e. The van der Waals surface area contributed by atoms with Crippen LogP contribution in [0.5, 0.6) is 5.75 Å². The first kappa shape index (κ1) is 17.1. The summed E-state index contributed by atoms with van der Waals surface area (Å²) in [5.74, 6) is 0.0000204. The van der Waals surface area contributed by atoms with E-state index in [4.69, 9.17) is 4.74 Å². The van der Waals surface area contributed by atoms with Crippen LogP contribution in [-0.4, -0.2) is 18.2 Å². The van der Waals surface area contributed by atoms with Gasteiger partial charge < -0.3 is 9.84 Å². The van der Waals surface area contributed by atoms with Gasteiger partial charge in [-0.05, 0) is 23.3 Å². The average molecular weight is 350 g/mol. The van der Waals surface area contributed by atoms with Crippen molar-refractivity contribution in [3.63, 3.8) is 0 Å². The molecule has 126 valence electrons. The quantitative estimate of drug-likeness (QED) is 0.609. The van der Waals surface area contributed by atoms with Crippen LogP contribution in [0.3, 0.4) is 0 Å². The van der Waals surface area contributed by atoms with Gasteiger partial charge in [-0.3, -0.25) is 0 Å². The van der Waals surface area contributed by atoms with Gasteiger partial charge in [-0.2, -0.15) is 0 Å². The molecule has 0 aliphatic rings. The Morgan fingerprint density at radius 1 is 0.960 bits per heavy atom. The van der Waals surface area contributed by atoms with Crippen molar-refractivity contribution in [1.29, 1.82) is 0 Å². The summed E-state index contributed by atoms with van der Waals surface area (Å²) in [5, 5.41) is 9.76. The number of carbonyl (C=O) groups is 1. The third-order valence-electron chi connectivity index (χ3n) is 3.88. The van der Waals surface area contributed by atoms with E-state index in [1.165, 1.54) is 7.11 Å². The molecule has 0 atom stereocenters. The number of benzene rings is 3. The minimum absolute atomic E-state index is 0.229. The second-order valence-electron chi connectivity index (χ2n) is 5.45. The zero-order valence-corrected chi connectivity index (χ0v) is 14.6. The predicted octanol–water partition coefficient (Wildman–Crippen LogP) is 5.35. The number of hydrogen-bond acceptors (Lipinski definition) is 3. The van der Waals surface area contributed by atoms with Gasteiger partial charge in [-0.15, -0.1) is 11.8 Å². The first-order chi connectivity index (χ1) is 12.2. The number of hydrogen-bond donors (Lipinski definition) is 1. The standard InChI is InChI=1S/C21H18O3S/c1-24-20-18(15-8-4-2-5-9-15)13-12-16(19(20)21(22)23)14-25-17-10-6-3-7-11-17/h2-13H,14H2,1H3,(H,22,23). The number of methoxy groups -OCH3 is 1. The summed E-state index contributed by atoms with van der Waals surface area (Å²) in [6.07, 6.45) is 0. The lowest BCUT2D eigenvalue weighted by atomic mass is 9.98. The lowest BCUT2D eigenvalue weighted by molar-refractivity contribution is 0.0692. The maximum atomic E-state index is 11.9. The summed E-state index contributed by atoms with van der Waals surface area (Å²) in [7, 11) is 1.52. The topological polar surface area (TPSA) is 46.5 Å². The molecule has 0 aromatic heterocycles. The monoisotopic (exact) mass is 350 g/mol. The van der Waals surface area contributed by atoms with Crippen LogP contribution in [0, 0.1) is 0 Å². The Balaban J connectivity index is 2.00. The van der Waals surface area contributed by atoms with E-state index >= 15 is 0 Å². The molecule has 4 heteroatoms. The molecule has 0 spiro atoms. The molecule has 3 aromatic rings. The highest BCUT2D eigenvalue weighted by atomic mass is 32.2. The Morgan fingerprint density at radius 2 is 1.60 bits per heavy atom. The summed E-state index contributed by atoms with van der Waals surface area (Å²) in [6, 6.07) is 23.4. The van der Waals surface area contributed by atoms with Gasteiger partial charge in [-0.25, -0.2) is 4.79 Å². The fourth-order valence-corrected chi connectivity index (χ4v) is 3.63. The van der Waals surface area contributed by atoms with Crippen molar-refractivity contribution < 1.29 is 14.6 Å². The van der Waals surface area contributed by atoms with Crippen molar-refractivity contribution in [2.24, 2.45) is 0 Å². The highest BCUT2D eigenvalue weighted by Gasteiger charge is 2.21. The molecule has 0 aliphatic heterocycles. The number of ether oxygens (including phenoxy) is 1. The van der Waals surface area contributed by atoms with E-state index in [1.54, 1.807) is 11.8 Å². The van der Waals surface area contributed by atoms with Gasteiger partial charge in [0.25, 0.3) is 0 Å². The average Bonchev–Trinajstić information content (AvgIpc) is 2.66. The first-order valence-electron chi connectivity index (χ1n) is 7.87. The third-order valence-corrected chi connectivity index (χ3v) is 4.95. The maximum Gasteiger partial charge on any atom is 0.339 e. The molecule has 1 N–H and O–H groups in total. The highest BCUT2D eigenvalue weighted by molar-refractivity contribution is 7.98. The number of carboxylic acids is 1. The summed E-state index contributed by atoms with van der Waals surface area (Å²) < 4.78 is 5.49. The fraction of sp³-hybridized carbons (Fsp3) is 0.0952. The molecule has 0 heterocycles. The Labute approximate surface area is 151 Å². The van der Waals surface area contributed by atoms with Crippen molar-refractivity contribution in [1.82, 2.24) is 0 Å². The molecule has 0 saturated carbocycles. The molecular formula is C21H18O3S. The molecule has 0 radical (unpaired) electrons. The van der Waals surface area contributed by atoms with Crippen molar-refractivity contribution in [2.45, 2.75) is 10.6 Å². The van der Waals surface area contributed by atoms with Crippen LogP contribution in [0.15, 0.2) is 77.7 Å². The van der Waals surface area contributed by atoms with Crippen molar-refractivity contribution in [2.75, 3.05) is 7.11 Å². The maximum absolute atomic E-state index is 11.9. The van der Waals surface area contributed by atoms with Crippen LogP contribution in [-0.2, 0) is 5.75 Å². The molecule has 3 rings (SSSR count). The normalized spacial score (nSPS) is 10.4. The minimum Gasteiger partial charge on any atom is -0.495 e. The van der Waals surface area contributed by atoms with Gasteiger partial charge in [0, 0.05) is 16.2 Å². The molecule has 0 unspecified atom stereocenters. The second kappa shape index (κ2) is 7.90. The van der Waals surface area contributed by atoms with Crippen LogP contribution in [0.2, 0.25) is 0 Å². The van der Waals surface area contributed by atoms with E-state index in [0.29, 0.717) is 11.5 Å². The molecule has 25 heavy (non-hydrogen) atoms. The Bertz CT molecular complexity index is 861. The molecule has 0 bridgehead atoms. The number of carboxylic acid groups (broad SMARTS) is 1. The summed E-state index contributed by atoms with van der Waals surface area (Å²) >= 11 is 1.61. The van der Waals surface area contributed by atoms with Crippen LogP contribution < -0.4 is 4.74 Å². The van der Waals surface area contributed by atoms with Gasteiger partial charge in [0.05, 0.1) is 7.11 Å². The van der Waals surface area contributed by atoms with E-state index in [-0.39, 0.29) is 5.56 Å². The highest BCUT2D eigenvalue weighted by Crippen LogP contribution is 2.37. The van der Waals surface area contributed by atoms with Crippen molar-refractivity contribution >= 4 is 17.7 Å². The van der Waals surface area contributed by atoms with E-state index in [0.717, 1.165) is 21.6 Å². The van der Waals surface area contributed by atoms with E-state index in [9.17, 15) is 9.90 Å². The lowest BCUT2D eigenvalue weighted by Crippen LogP contribution is -2.06. The van der Waals surface area contributed by atoms with E-state index in [2.05, 4.69) is 0 Å². The van der Waals surface area contributed by atoms with Crippen LogP contribution in [0.4, 0.5) is 0 Å². The minimum atomic E-state index is -0.974. The third kappa shape index (κ3) is 3.86. The number of thioether (sulfide) groups is 1. The second-order valence-corrected chi connectivity index (χ2v) is 6.50. The lowest BCUT2D eigenvalue weighted by Gasteiger charge is -2.15. The van der Waals surface area contributed by atoms with Crippen molar-refractivity contribution in [3.05, 3.63) is 83.9 Å². The molecule has 0 amide bonds. The number of aromatic carboxylic acids is 1. The van der Waals surface area contributed by atoms with Crippen LogP contribution >= 0.6 is 11.8 Å². The summed E-state index contributed by atoms with van der Waals surface area (Å²) in [5.41, 5.74) is 2.70. The zero-order valence-electron chi connectivity index (χ0n) is 13.8. The Morgan fingerprint density at radius 3 is 2.20 bits per heavy atom. The van der Waals surface area contributed by atoms with Crippen LogP contribution in [0.25, 0.3) is 11.1 Å². The Hall–Kier alpha value is -2.72. The van der Waals surface area contributed by atoms with Gasteiger partial charge >= 0.3 is 5.97 Å². The predicted molar refractivity (Wildman–Crippen MR) is 101 cm³/mol. The van der Waals surface area contributed by atoms with Crippen LogP contribution in [0.1, 0.15) is 15.9 Å². The van der Waals surface area contributed by atoms with Gasteiger partial charge in [0.2, 0.25) is 0 Å².